The van der Waals surface area contributed by atoms with Gasteiger partial charge in [0.05, 0.1) is 0 Å². The van der Waals surface area contributed by atoms with E-state index >= 15 is 0 Å². The maximum atomic E-state index is 13.5. The molecule has 0 aromatic heterocycles. The zero-order valence-corrected chi connectivity index (χ0v) is 19.8. The average molecular weight is 448 g/mol. The first-order valence-electron chi connectivity index (χ1n) is 10.9. The molecular formula is C23H33N3O4S. The van der Waals surface area contributed by atoms with E-state index in [2.05, 4.69) is 10.6 Å². The van der Waals surface area contributed by atoms with Gasteiger partial charge < -0.3 is 20.3 Å². The summed E-state index contributed by atoms with van der Waals surface area (Å²) in [5, 5.41) is 5.69. The highest BCUT2D eigenvalue weighted by molar-refractivity contribution is 8.01. The van der Waals surface area contributed by atoms with Gasteiger partial charge >= 0.3 is 0 Å². The number of methoxy groups -OCH3 is 1. The molecule has 2 N–H and O–H groups in total. The van der Waals surface area contributed by atoms with E-state index in [4.69, 9.17) is 4.74 Å². The predicted octanol–water partition coefficient (Wildman–Crippen LogP) is 2.72. The Labute approximate surface area is 188 Å². The largest absolute Gasteiger partial charge is 0.385 e. The van der Waals surface area contributed by atoms with Gasteiger partial charge in [-0.3, -0.25) is 14.4 Å². The van der Waals surface area contributed by atoms with Crippen LogP contribution in [0.4, 0.5) is 0 Å². The fraction of sp³-hybridized carbons (Fsp3) is 0.609. The Morgan fingerprint density at radius 2 is 2.00 bits per heavy atom. The van der Waals surface area contributed by atoms with Crippen molar-refractivity contribution in [3.8, 4) is 0 Å². The van der Waals surface area contributed by atoms with Crippen LogP contribution < -0.4 is 10.6 Å². The van der Waals surface area contributed by atoms with Crippen molar-refractivity contribution < 1.29 is 19.1 Å². The second-order valence-corrected chi connectivity index (χ2v) is 10.5. The molecule has 1 aromatic rings. The lowest BCUT2D eigenvalue weighted by Crippen LogP contribution is -2.58. The monoisotopic (exact) mass is 447 g/mol. The fourth-order valence-electron chi connectivity index (χ4n) is 4.28. The minimum absolute atomic E-state index is 0.0363. The molecule has 3 rings (SSSR count). The summed E-state index contributed by atoms with van der Waals surface area (Å²) in [6, 6.07) is 6.22. The van der Waals surface area contributed by atoms with Crippen LogP contribution in [0.5, 0.6) is 0 Å². The number of carbonyl (C=O) groups excluding carboxylic acids is 3. The highest BCUT2D eigenvalue weighted by atomic mass is 32.2. The number of rotatable bonds is 9. The first-order chi connectivity index (χ1) is 14.7. The zero-order chi connectivity index (χ0) is 22.8. The van der Waals surface area contributed by atoms with Crippen LogP contribution in [0, 0.1) is 5.92 Å². The van der Waals surface area contributed by atoms with Gasteiger partial charge in [0.1, 0.15) is 17.5 Å². The standard InChI is InChI=1S/C23H33N3O4S/c1-6-14(2)17(19(27)24-12-9-13-30-5)25-20(28)18-23(3,4)31-22-16-11-8-7-10-15(16)21(29)26(18)22/h7-8,10-11,14,17-18,22H,6,9,12-13H2,1-5H3,(H,24,27)(H,25,28)/t14-,17+,18+,22+/m1/s1. The lowest BCUT2D eigenvalue weighted by Gasteiger charge is -2.32. The first kappa shape index (κ1) is 23.6. The van der Waals surface area contributed by atoms with E-state index in [9.17, 15) is 14.4 Å². The SMILES string of the molecule is CC[C@@H](C)[C@H](NC(=O)[C@@H]1N2C(=O)c3ccccc3[C@@H]2SC1(C)C)C(=O)NCCCOC. The van der Waals surface area contributed by atoms with E-state index in [0.717, 1.165) is 12.0 Å². The van der Waals surface area contributed by atoms with Crippen molar-refractivity contribution in [2.45, 2.75) is 62.7 Å². The third kappa shape index (κ3) is 4.60. The van der Waals surface area contributed by atoms with Gasteiger partial charge in [-0.25, -0.2) is 0 Å². The van der Waals surface area contributed by atoms with Crippen molar-refractivity contribution in [1.82, 2.24) is 15.5 Å². The second kappa shape index (κ2) is 9.61. The number of nitrogens with zero attached hydrogens (tertiary/aromatic N) is 1. The maximum absolute atomic E-state index is 13.5. The van der Waals surface area contributed by atoms with Gasteiger partial charge in [0.2, 0.25) is 11.8 Å². The van der Waals surface area contributed by atoms with Gasteiger partial charge in [-0.15, -0.1) is 11.8 Å². The Hall–Kier alpha value is -2.06. The molecule has 0 saturated carbocycles. The summed E-state index contributed by atoms with van der Waals surface area (Å²) in [7, 11) is 1.62. The van der Waals surface area contributed by atoms with Gasteiger partial charge in [-0.2, -0.15) is 0 Å². The molecule has 2 aliphatic rings. The molecule has 2 aliphatic heterocycles. The van der Waals surface area contributed by atoms with Crippen molar-refractivity contribution in [2.75, 3.05) is 20.3 Å². The van der Waals surface area contributed by atoms with Crippen LogP contribution >= 0.6 is 11.8 Å². The minimum Gasteiger partial charge on any atom is -0.385 e. The molecule has 2 heterocycles. The summed E-state index contributed by atoms with van der Waals surface area (Å²) in [6.45, 7) is 8.97. The molecule has 7 nitrogen and oxygen atoms in total. The van der Waals surface area contributed by atoms with Gasteiger partial charge in [0.15, 0.2) is 0 Å². The van der Waals surface area contributed by atoms with Crippen LogP contribution in [-0.4, -0.2) is 59.7 Å². The lowest BCUT2D eigenvalue weighted by atomic mass is 9.95. The van der Waals surface area contributed by atoms with E-state index in [1.807, 2.05) is 52.0 Å². The summed E-state index contributed by atoms with van der Waals surface area (Å²) in [5.41, 5.74) is 1.61. The van der Waals surface area contributed by atoms with E-state index in [-0.39, 0.29) is 29.0 Å². The van der Waals surface area contributed by atoms with Gasteiger partial charge in [-0.05, 0) is 37.8 Å². The van der Waals surface area contributed by atoms with Crippen molar-refractivity contribution in [2.24, 2.45) is 5.92 Å². The molecule has 1 fully saturated rings. The molecule has 3 amide bonds. The van der Waals surface area contributed by atoms with Crippen LogP contribution in [0.2, 0.25) is 0 Å². The number of ether oxygens (including phenoxy) is 1. The summed E-state index contributed by atoms with van der Waals surface area (Å²) >= 11 is 1.62. The van der Waals surface area contributed by atoms with Crippen molar-refractivity contribution >= 4 is 29.5 Å². The van der Waals surface area contributed by atoms with Crippen LogP contribution in [0.1, 0.15) is 61.8 Å². The highest BCUT2D eigenvalue weighted by Crippen LogP contribution is 2.56. The fourth-order valence-corrected chi connectivity index (χ4v) is 5.87. The van der Waals surface area contributed by atoms with Crippen molar-refractivity contribution in [3.63, 3.8) is 0 Å². The lowest BCUT2D eigenvalue weighted by molar-refractivity contribution is -0.133. The summed E-state index contributed by atoms with van der Waals surface area (Å²) in [6.07, 6.45) is 1.45. The number of thioether (sulfide) groups is 1. The molecule has 1 aromatic carbocycles. The highest BCUT2D eigenvalue weighted by Gasteiger charge is 2.57. The molecule has 1 saturated heterocycles. The van der Waals surface area contributed by atoms with Gasteiger partial charge in [0.25, 0.3) is 5.91 Å². The number of fused-ring (bicyclic) bond motifs is 3. The Bertz CT molecular complexity index is 844. The topological polar surface area (TPSA) is 87.7 Å². The Morgan fingerprint density at radius 3 is 2.68 bits per heavy atom. The molecule has 0 aliphatic carbocycles. The number of benzene rings is 1. The minimum atomic E-state index is -0.657. The molecule has 31 heavy (non-hydrogen) atoms. The summed E-state index contributed by atoms with van der Waals surface area (Å²) in [5.74, 6) is -0.637. The number of carbonyl (C=O) groups is 3. The van der Waals surface area contributed by atoms with E-state index in [0.29, 0.717) is 25.1 Å². The maximum Gasteiger partial charge on any atom is 0.256 e. The quantitative estimate of drug-likeness (QED) is 0.569. The molecule has 0 bridgehead atoms. The Balaban J connectivity index is 1.78. The van der Waals surface area contributed by atoms with Crippen LogP contribution in [-0.2, 0) is 14.3 Å². The van der Waals surface area contributed by atoms with Crippen molar-refractivity contribution in [1.29, 1.82) is 0 Å². The molecule has 0 spiro atoms. The van der Waals surface area contributed by atoms with Crippen LogP contribution in [0.15, 0.2) is 24.3 Å². The van der Waals surface area contributed by atoms with Crippen molar-refractivity contribution in [3.05, 3.63) is 35.4 Å². The average Bonchev–Trinajstić information content (AvgIpc) is 3.18. The zero-order valence-electron chi connectivity index (χ0n) is 18.9. The molecular weight excluding hydrogens is 414 g/mol. The summed E-state index contributed by atoms with van der Waals surface area (Å²) < 4.78 is 4.54. The smallest absolute Gasteiger partial charge is 0.256 e. The van der Waals surface area contributed by atoms with Crippen LogP contribution in [0.25, 0.3) is 0 Å². The normalized spacial score (nSPS) is 23.1. The molecule has 8 heteroatoms. The number of nitrogens with one attached hydrogen (secondary N) is 2. The van der Waals surface area contributed by atoms with Gasteiger partial charge in [0, 0.05) is 30.6 Å². The molecule has 4 atom stereocenters. The Kier molecular flexibility index (Phi) is 7.31. The van der Waals surface area contributed by atoms with E-state index < -0.39 is 16.8 Å². The second-order valence-electron chi connectivity index (χ2n) is 8.79. The number of hydrogen-bond acceptors (Lipinski definition) is 5. The number of hydrogen-bond donors (Lipinski definition) is 2. The van der Waals surface area contributed by atoms with E-state index in [1.54, 1.807) is 23.8 Å². The third-order valence-electron chi connectivity index (χ3n) is 6.16. The van der Waals surface area contributed by atoms with E-state index in [1.165, 1.54) is 0 Å². The molecule has 170 valence electrons. The molecule has 0 radical (unpaired) electrons. The Morgan fingerprint density at radius 1 is 1.29 bits per heavy atom. The van der Waals surface area contributed by atoms with Gasteiger partial charge in [-0.1, -0.05) is 38.5 Å². The number of amides is 3. The third-order valence-corrected chi connectivity index (χ3v) is 7.70. The molecule has 0 unspecified atom stereocenters. The van der Waals surface area contributed by atoms with Crippen LogP contribution in [0.3, 0.4) is 0 Å². The predicted molar refractivity (Wildman–Crippen MR) is 122 cm³/mol. The summed E-state index contributed by atoms with van der Waals surface area (Å²) in [4.78, 5) is 41.2. The first-order valence-corrected chi connectivity index (χ1v) is 11.8.